The smallest absolute Gasteiger partial charge is 0.274 e. The monoisotopic (exact) mass is 397 g/mol. The van der Waals surface area contributed by atoms with Gasteiger partial charge in [-0.15, -0.1) is 0 Å². The average Bonchev–Trinajstić information content (AvgIpc) is 3.47. The Morgan fingerprint density at radius 2 is 1.82 bits per heavy atom. The van der Waals surface area contributed by atoms with Gasteiger partial charge in [-0.1, -0.05) is 29.8 Å². The number of para-hydroxylation sites is 1. The Kier molecular flexibility index (Phi) is 4.96. The summed E-state index contributed by atoms with van der Waals surface area (Å²) >= 11 is 6.15. The first-order valence-electron chi connectivity index (χ1n) is 8.99. The maximum absolute atomic E-state index is 13.1. The van der Waals surface area contributed by atoms with Crippen LogP contribution in [0.3, 0.4) is 0 Å². The maximum Gasteiger partial charge on any atom is 0.274 e. The number of hydrogen-bond acceptors (Lipinski definition) is 4. The van der Waals surface area contributed by atoms with Gasteiger partial charge in [-0.2, -0.15) is 5.10 Å². The molecule has 7 heteroatoms. The molecule has 6 nitrogen and oxygen atoms in total. The fourth-order valence-electron chi connectivity index (χ4n) is 3.05. The van der Waals surface area contributed by atoms with Crippen molar-refractivity contribution in [3.05, 3.63) is 64.9 Å². The summed E-state index contributed by atoms with van der Waals surface area (Å²) < 4.78 is 12.3. The number of amides is 1. The van der Waals surface area contributed by atoms with Crippen molar-refractivity contribution in [3.8, 4) is 17.2 Å². The number of anilines is 1. The molecule has 1 fully saturated rings. The van der Waals surface area contributed by atoms with Crippen LogP contribution in [0.4, 0.5) is 5.69 Å². The topological polar surface area (TPSA) is 65.4 Å². The predicted octanol–water partition coefficient (Wildman–Crippen LogP) is 4.67. The van der Waals surface area contributed by atoms with Crippen molar-refractivity contribution in [1.82, 2.24) is 9.78 Å². The highest BCUT2D eigenvalue weighted by molar-refractivity contribution is 6.32. The van der Waals surface area contributed by atoms with E-state index in [-0.39, 0.29) is 5.91 Å². The van der Waals surface area contributed by atoms with Crippen LogP contribution in [-0.2, 0) is 0 Å². The fourth-order valence-corrected chi connectivity index (χ4v) is 3.28. The van der Waals surface area contributed by atoms with Crippen molar-refractivity contribution in [2.75, 3.05) is 19.5 Å². The van der Waals surface area contributed by atoms with Gasteiger partial charge >= 0.3 is 0 Å². The van der Waals surface area contributed by atoms with Gasteiger partial charge in [-0.05, 0) is 31.0 Å². The Bertz CT molecular complexity index is 1010. The van der Waals surface area contributed by atoms with Gasteiger partial charge < -0.3 is 14.8 Å². The first-order valence-corrected chi connectivity index (χ1v) is 9.36. The Hall–Kier alpha value is -2.99. The summed E-state index contributed by atoms with van der Waals surface area (Å²) in [6.07, 6.45) is 2.21. The molecule has 0 atom stereocenters. The number of nitrogens with one attached hydrogen (secondary N) is 1. The lowest BCUT2D eigenvalue weighted by Crippen LogP contribution is -2.17. The lowest BCUT2D eigenvalue weighted by molar-refractivity contribution is 0.101. The van der Waals surface area contributed by atoms with Crippen LogP contribution in [0.15, 0.2) is 48.5 Å². The summed E-state index contributed by atoms with van der Waals surface area (Å²) in [6.45, 7) is 0. The largest absolute Gasteiger partial charge is 0.495 e. The van der Waals surface area contributed by atoms with E-state index >= 15 is 0 Å². The Morgan fingerprint density at radius 3 is 2.46 bits per heavy atom. The molecule has 0 unspecified atom stereocenters. The van der Waals surface area contributed by atoms with Gasteiger partial charge in [0.15, 0.2) is 0 Å². The molecule has 4 rings (SSSR count). The van der Waals surface area contributed by atoms with Gasteiger partial charge in [0.1, 0.15) is 17.2 Å². The molecule has 0 bridgehead atoms. The summed E-state index contributed by atoms with van der Waals surface area (Å²) in [6, 6.07) is 14.7. The highest BCUT2D eigenvalue weighted by Crippen LogP contribution is 2.40. The second-order valence-corrected chi connectivity index (χ2v) is 7.02. The van der Waals surface area contributed by atoms with Crippen molar-refractivity contribution in [3.63, 3.8) is 0 Å². The standard InChI is InChI=1S/C21H20ClN3O3/c1-27-19-12-17(20(28-2)10-15(19)22)23-21(26)18-11-16(13-8-9-13)24-25(18)14-6-4-3-5-7-14/h3-7,10-13H,8-9H2,1-2H3,(H,23,26). The molecule has 1 saturated carbocycles. The molecule has 0 spiro atoms. The van der Waals surface area contributed by atoms with Crippen molar-refractivity contribution >= 4 is 23.2 Å². The molecule has 0 saturated heterocycles. The molecule has 2 aromatic carbocycles. The van der Waals surface area contributed by atoms with Crippen molar-refractivity contribution < 1.29 is 14.3 Å². The molecule has 1 aromatic heterocycles. The SMILES string of the molecule is COc1cc(NC(=O)c2cc(C3CC3)nn2-c2ccccc2)c(OC)cc1Cl. The zero-order valence-corrected chi connectivity index (χ0v) is 16.4. The highest BCUT2D eigenvalue weighted by atomic mass is 35.5. The average molecular weight is 398 g/mol. The molecule has 1 aliphatic rings. The van der Waals surface area contributed by atoms with Gasteiger partial charge in [-0.25, -0.2) is 4.68 Å². The van der Waals surface area contributed by atoms with Crippen molar-refractivity contribution in [2.24, 2.45) is 0 Å². The molecule has 0 radical (unpaired) electrons. The quantitative estimate of drug-likeness (QED) is 0.656. The molecule has 3 aromatic rings. The van der Waals surface area contributed by atoms with Crippen LogP contribution in [0.25, 0.3) is 5.69 Å². The number of halogens is 1. The lowest BCUT2D eigenvalue weighted by atomic mass is 10.2. The molecule has 144 valence electrons. The third-order valence-electron chi connectivity index (χ3n) is 4.68. The summed E-state index contributed by atoms with van der Waals surface area (Å²) in [7, 11) is 3.04. The minimum atomic E-state index is -0.286. The number of carbonyl (C=O) groups excluding carboxylic acids is 1. The van der Waals surface area contributed by atoms with E-state index in [1.54, 1.807) is 16.8 Å². The number of benzene rings is 2. The molecular weight excluding hydrogens is 378 g/mol. The van der Waals surface area contributed by atoms with Crippen LogP contribution >= 0.6 is 11.6 Å². The van der Waals surface area contributed by atoms with Crippen LogP contribution in [-0.4, -0.2) is 29.9 Å². The van der Waals surface area contributed by atoms with E-state index in [1.165, 1.54) is 14.2 Å². The molecular formula is C21H20ClN3O3. The van der Waals surface area contributed by atoms with E-state index in [1.807, 2.05) is 36.4 Å². The number of ether oxygens (including phenoxy) is 2. The molecule has 1 aliphatic carbocycles. The van der Waals surface area contributed by atoms with E-state index in [2.05, 4.69) is 10.4 Å². The zero-order chi connectivity index (χ0) is 19.7. The summed E-state index contributed by atoms with van der Waals surface area (Å²) in [5.41, 5.74) is 2.71. The van der Waals surface area contributed by atoms with E-state index in [0.717, 1.165) is 24.2 Å². The second kappa shape index (κ2) is 7.56. The first kappa shape index (κ1) is 18.4. The molecule has 1 N–H and O–H groups in total. The minimum Gasteiger partial charge on any atom is -0.495 e. The Morgan fingerprint density at radius 1 is 1.11 bits per heavy atom. The minimum absolute atomic E-state index is 0.286. The molecule has 1 heterocycles. The van der Waals surface area contributed by atoms with Crippen molar-refractivity contribution in [1.29, 1.82) is 0 Å². The van der Waals surface area contributed by atoms with E-state index in [9.17, 15) is 4.79 Å². The summed E-state index contributed by atoms with van der Waals surface area (Å²) in [4.78, 5) is 13.1. The number of aromatic nitrogens is 2. The second-order valence-electron chi connectivity index (χ2n) is 6.62. The van der Waals surface area contributed by atoms with Crippen LogP contribution in [0, 0.1) is 0 Å². The highest BCUT2D eigenvalue weighted by Gasteiger charge is 2.29. The lowest BCUT2D eigenvalue weighted by Gasteiger charge is -2.13. The third kappa shape index (κ3) is 3.55. The van der Waals surface area contributed by atoms with Crippen LogP contribution in [0.5, 0.6) is 11.5 Å². The first-order chi connectivity index (χ1) is 13.6. The van der Waals surface area contributed by atoms with Crippen LogP contribution in [0.2, 0.25) is 5.02 Å². The predicted molar refractivity (Wildman–Crippen MR) is 108 cm³/mol. The number of rotatable bonds is 6. The fraction of sp³-hybridized carbons (Fsp3) is 0.238. The molecule has 28 heavy (non-hydrogen) atoms. The maximum atomic E-state index is 13.1. The Balaban J connectivity index is 1.71. The summed E-state index contributed by atoms with van der Waals surface area (Å²) in [5.74, 6) is 1.05. The van der Waals surface area contributed by atoms with Gasteiger partial charge in [0.05, 0.1) is 36.3 Å². The van der Waals surface area contributed by atoms with Crippen LogP contribution in [0.1, 0.15) is 34.9 Å². The number of hydrogen-bond donors (Lipinski definition) is 1. The van der Waals surface area contributed by atoms with Crippen molar-refractivity contribution in [2.45, 2.75) is 18.8 Å². The zero-order valence-electron chi connectivity index (χ0n) is 15.6. The number of nitrogens with zero attached hydrogens (tertiary/aromatic N) is 2. The van der Waals surface area contributed by atoms with Gasteiger partial charge in [0.25, 0.3) is 5.91 Å². The third-order valence-corrected chi connectivity index (χ3v) is 4.97. The van der Waals surface area contributed by atoms with Gasteiger partial charge in [0.2, 0.25) is 0 Å². The van der Waals surface area contributed by atoms with E-state index < -0.39 is 0 Å². The molecule has 0 aliphatic heterocycles. The van der Waals surface area contributed by atoms with E-state index in [4.69, 9.17) is 21.1 Å². The van der Waals surface area contributed by atoms with Gasteiger partial charge in [-0.3, -0.25) is 4.79 Å². The Labute approximate surface area is 168 Å². The summed E-state index contributed by atoms with van der Waals surface area (Å²) in [5, 5.41) is 7.98. The van der Waals surface area contributed by atoms with Crippen LogP contribution < -0.4 is 14.8 Å². The van der Waals surface area contributed by atoms with Gasteiger partial charge in [0, 0.05) is 18.1 Å². The number of methoxy groups -OCH3 is 2. The number of carbonyl (C=O) groups is 1. The normalized spacial score (nSPS) is 13.2. The molecule has 1 amide bonds. The van der Waals surface area contributed by atoms with E-state index in [0.29, 0.717) is 33.8 Å².